The van der Waals surface area contributed by atoms with Crippen molar-refractivity contribution >= 4 is 18.7 Å². The van der Waals surface area contributed by atoms with E-state index in [1.165, 1.54) is 0 Å². The van der Waals surface area contributed by atoms with Gasteiger partial charge < -0.3 is 24.1 Å². The van der Waals surface area contributed by atoms with Crippen molar-refractivity contribution in [3.8, 4) is 0 Å². The molecule has 2 aromatic rings. The zero-order valence-electron chi connectivity index (χ0n) is 17.6. The second-order valence-corrected chi connectivity index (χ2v) is 12.8. The number of rotatable bonds is 6. The summed E-state index contributed by atoms with van der Waals surface area (Å²) < 4.78 is 18.4. The van der Waals surface area contributed by atoms with Crippen molar-refractivity contribution < 1.29 is 24.1 Å². The molecule has 4 atom stereocenters. The molecule has 6 heteroatoms. The maximum absolute atomic E-state index is 10.5. The molecule has 29 heavy (non-hydrogen) atoms. The summed E-state index contributed by atoms with van der Waals surface area (Å²) >= 11 is 0. The Morgan fingerprint density at radius 1 is 1.00 bits per heavy atom. The Kier molecular flexibility index (Phi) is 6.93. The molecule has 0 amide bonds. The monoisotopic (exact) mass is 416 g/mol. The second-order valence-electron chi connectivity index (χ2n) is 8.58. The average Bonchev–Trinajstić information content (AvgIpc) is 2.72. The second kappa shape index (κ2) is 9.08. The lowest BCUT2D eigenvalue weighted by Crippen LogP contribution is -2.69. The first-order chi connectivity index (χ1) is 13.8. The van der Waals surface area contributed by atoms with Gasteiger partial charge in [0.1, 0.15) is 6.10 Å². The highest BCUT2D eigenvalue weighted by Crippen LogP contribution is 2.39. The molecule has 2 aromatic carbocycles. The van der Waals surface area contributed by atoms with Crippen LogP contribution in [0.2, 0.25) is 5.04 Å². The van der Waals surface area contributed by atoms with E-state index in [1.54, 1.807) is 7.11 Å². The van der Waals surface area contributed by atoms with Crippen molar-refractivity contribution in [1.29, 1.82) is 0 Å². The van der Waals surface area contributed by atoms with Crippen LogP contribution in [0.15, 0.2) is 60.7 Å². The maximum atomic E-state index is 10.5. The van der Waals surface area contributed by atoms with Crippen LogP contribution in [0.5, 0.6) is 0 Å². The summed E-state index contributed by atoms with van der Waals surface area (Å²) in [4.78, 5) is 0. The van der Waals surface area contributed by atoms with Crippen molar-refractivity contribution in [2.75, 3.05) is 13.7 Å². The van der Waals surface area contributed by atoms with Gasteiger partial charge in [-0.15, -0.1) is 0 Å². The van der Waals surface area contributed by atoms with Gasteiger partial charge in [0.15, 0.2) is 6.29 Å². The first kappa shape index (κ1) is 22.1. The number of methoxy groups -OCH3 is 1. The molecule has 1 aliphatic heterocycles. The van der Waals surface area contributed by atoms with Crippen molar-refractivity contribution in [3.05, 3.63) is 60.7 Å². The van der Waals surface area contributed by atoms with Crippen LogP contribution in [-0.2, 0) is 13.9 Å². The molecule has 5 nitrogen and oxygen atoms in total. The Hall–Kier alpha value is -1.54. The van der Waals surface area contributed by atoms with Crippen molar-refractivity contribution in [2.45, 2.75) is 56.8 Å². The fourth-order valence-electron chi connectivity index (χ4n) is 4.25. The fourth-order valence-corrected chi connectivity index (χ4v) is 8.92. The van der Waals surface area contributed by atoms with E-state index < -0.39 is 32.9 Å². The third kappa shape index (κ3) is 4.33. The zero-order valence-corrected chi connectivity index (χ0v) is 18.6. The van der Waals surface area contributed by atoms with E-state index in [0.29, 0.717) is 6.42 Å². The van der Waals surface area contributed by atoms with Crippen molar-refractivity contribution in [2.24, 2.45) is 0 Å². The molecule has 0 unspecified atom stereocenters. The van der Waals surface area contributed by atoms with E-state index in [0.717, 1.165) is 10.4 Å². The Morgan fingerprint density at radius 2 is 1.52 bits per heavy atom. The van der Waals surface area contributed by atoms with Gasteiger partial charge in [-0.25, -0.2) is 0 Å². The molecule has 0 aromatic heterocycles. The van der Waals surface area contributed by atoms with Crippen LogP contribution in [0.4, 0.5) is 0 Å². The minimum Gasteiger partial charge on any atom is -0.399 e. The van der Waals surface area contributed by atoms with Gasteiger partial charge in [-0.3, -0.25) is 0 Å². The number of hydrogen-bond donors (Lipinski definition) is 2. The molecular formula is C23H32O5Si. The van der Waals surface area contributed by atoms with Gasteiger partial charge in [-0.05, 0) is 15.4 Å². The lowest BCUT2D eigenvalue weighted by molar-refractivity contribution is -0.257. The summed E-state index contributed by atoms with van der Waals surface area (Å²) in [6.45, 7) is 6.36. The Morgan fingerprint density at radius 3 is 1.93 bits per heavy atom. The highest BCUT2D eigenvalue weighted by molar-refractivity contribution is 6.99. The van der Waals surface area contributed by atoms with Gasteiger partial charge in [0.05, 0.1) is 18.8 Å². The Balaban J connectivity index is 2.11. The van der Waals surface area contributed by atoms with Gasteiger partial charge in [-0.2, -0.15) is 0 Å². The molecule has 0 spiro atoms. The van der Waals surface area contributed by atoms with Crippen LogP contribution in [0, 0.1) is 0 Å². The summed E-state index contributed by atoms with van der Waals surface area (Å²) in [6, 6.07) is 20.7. The third-order valence-electron chi connectivity index (χ3n) is 5.67. The summed E-state index contributed by atoms with van der Waals surface area (Å²) in [6.07, 6.45) is -2.25. The van der Waals surface area contributed by atoms with E-state index in [1.807, 2.05) is 36.4 Å². The van der Waals surface area contributed by atoms with Crippen LogP contribution in [0.25, 0.3) is 0 Å². The molecule has 3 rings (SSSR count). The summed E-state index contributed by atoms with van der Waals surface area (Å²) in [5, 5.41) is 22.1. The largest absolute Gasteiger partial charge is 0.399 e. The highest BCUT2D eigenvalue weighted by atomic mass is 28.4. The predicted molar refractivity (Wildman–Crippen MR) is 116 cm³/mol. The molecule has 1 saturated heterocycles. The van der Waals surface area contributed by atoms with E-state index in [9.17, 15) is 10.2 Å². The molecule has 0 aliphatic carbocycles. The molecular weight excluding hydrogens is 384 g/mol. The fraction of sp³-hybridized carbons (Fsp3) is 0.478. The normalized spacial score (nSPS) is 25.7. The topological polar surface area (TPSA) is 68.2 Å². The first-order valence-electron chi connectivity index (χ1n) is 10.1. The molecule has 0 saturated carbocycles. The maximum Gasteiger partial charge on any atom is 0.261 e. The first-order valence-corrected chi connectivity index (χ1v) is 12.0. The minimum atomic E-state index is -2.79. The van der Waals surface area contributed by atoms with E-state index in [4.69, 9.17) is 13.9 Å². The van der Waals surface area contributed by atoms with E-state index >= 15 is 0 Å². The molecule has 1 fully saturated rings. The van der Waals surface area contributed by atoms with Crippen molar-refractivity contribution in [1.82, 2.24) is 0 Å². The van der Waals surface area contributed by atoms with Crippen LogP contribution in [0.1, 0.15) is 27.2 Å². The van der Waals surface area contributed by atoms with Crippen LogP contribution < -0.4 is 10.4 Å². The molecule has 158 valence electrons. The number of aliphatic hydroxyl groups excluding tert-OH is 2. The van der Waals surface area contributed by atoms with Gasteiger partial charge in [0.2, 0.25) is 0 Å². The average molecular weight is 417 g/mol. The van der Waals surface area contributed by atoms with Crippen LogP contribution >= 0.6 is 0 Å². The van der Waals surface area contributed by atoms with E-state index in [2.05, 4.69) is 45.0 Å². The lowest BCUT2D eigenvalue weighted by Gasteiger charge is -2.48. The summed E-state index contributed by atoms with van der Waals surface area (Å²) in [5.41, 5.74) is 0. The van der Waals surface area contributed by atoms with Crippen LogP contribution in [0.3, 0.4) is 0 Å². The molecule has 0 radical (unpaired) electrons. The lowest BCUT2D eigenvalue weighted by atomic mass is 10.0. The standard InChI is InChI=1S/C23H32O5Si/c1-23(2,3)29(17-11-7-5-8-12-17,18-13-9-6-10-14-18)28-20-15-19(25)21(16-24)27-22(20)26-4/h5-14,19-22,24-25H,15-16H2,1-4H3/t19-,20+,21+,22-/m0/s1. The van der Waals surface area contributed by atoms with Gasteiger partial charge in [0.25, 0.3) is 8.32 Å². The smallest absolute Gasteiger partial charge is 0.261 e. The Labute approximate surface area is 174 Å². The number of benzene rings is 2. The number of ether oxygens (including phenoxy) is 2. The minimum absolute atomic E-state index is 0.188. The summed E-state index contributed by atoms with van der Waals surface area (Å²) in [7, 11) is -1.22. The van der Waals surface area contributed by atoms with Gasteiger partial charge in [-0.1, -0.05) is 81.4 Å². The predicted octanol–water partition coefficient (Wildman–Crippen LogP) is 2.05. The van der Waals surface area contributed by atoms with Gasteiger partial charge >= 0.3 is 0 Å². The SMILES string of the molecule is CO[C@H]1O[C@H](CO)[C@@H](O)C[C@H]1O[Si](c1ccccc1)(c1ccccc1)C(C)(C)C. The van der Waals surface area contributed by atoms with E-state index in [-0.39, 0.29) is 11.6 Å². The quantitative estimate of drug-likeness (QED) is 0.706. The number of hydrogen-bond acceptors (Lipinski definition) is 5. The molecule has 0 bridgehead atoms. The highest BCUT2D eigenvalue weighted by Gasteiger charge is 2.53. The third-order valence-corrected chi connectivity index (χ3v) is 10.7. The van der Waals surface area contributed by atoms with Crippen LogP contribution in [-0.4, -0.2) is 56.8 Å². The Bertz CT molecular complexity index is 722. The molecule has 1 aliphatic rings. The zero-order chi connectivity index (χ0) is 21.1. The number of aliphatic hydroxyl groups is 2. The van der Waals surface area contributed by atoms with Crippen molar-refractivity contribution in [3.63, 3.8) is 0 Å². The molecule has 1 heterocycles. The summed E-state index contributed by atoms with van der Waals surface area (Å²) in [5.74, 6) is 0. The van der Waals surface area contributed by atoms with Gasteiger partial charge in [0, 0.05) is 13.5 Å². The molecule has 2 N–H and O–H groups in total.